The van der Waals surface area contributed by atoms with E-state index in [1.165, 1.54) is 27.8 Å². The molecule has 1 heteroatoms. The Hall–Kier alpha value is -1.79. The fourth-order valence-electron chi connectivity index (χ4n) is 3.50. The Morgan fingerprint density at radius 3 is 2.30 bits per heavy atom. The Bertz CT molecular complexity index is 799. The zero-order valence-corrected chi connectivity index (χ0v) is 15.1. The molecule has 0 atom stereocenters. The zero-order chi connectivity index (χ0) is 16.7. The standard InChI is InChI=1S/C22H23Cl/c1-13(2)20-12-17-8-6-7-9-19(17)21(20)16(5)18-10-14(3)22(23)15(4)11-18/h6-11,13H,5,12H2,1-4H3. The molecule has 0 radical (unpaired) electrons. The molecule has 0 amide bonds. The summed E-state index contributed by atoms with van der Waals surface area (Å²) in [5.41, 5.74) is 10.1. The molecule has 0 N–H and O–H groups in total. The fraction of sp³-hybridized carbons (Fsp3) is 0.273. The molecular formula is C22H23Cl. The highest BCUT2D eigenvalue weighted by Crippen LogP contribution is 2.43. The lowest BCUT2D eigenvalue weighted by atomic mass is 9.89. The lowest BCUT2D eigenvalue weighted by molar-refractivity contribution is 0.753. The molecule has 1 aliphatic carbocycles. The summed E-state index contributed by atoms with van der Waals surface area (Å²) in [4.78, 5) is 0. The molecule has 0 bridgehead atoms. The first-order valence-electron chi connectivity index (χ1n) is 8.18. The molecule has 2 aromatic rings. The highest BCUT2D eigenvalue weighted by atomic mass is 35.5. The van der Waals surface area contributed by atoms with Crippen LogP contribution < -0.4 is 0 Å². The van der Waals surface area contributed by atoms with E-state index in [1.807, 2.05) is 0 Å². The average Bonchev–Trinajstić information content (AvgIpc) is 2.91. The summed E-state index contributed by atoms with van der Waals surface area (Å²) in [5, 5.41) is 0.853. The predicted octanol–water partition coefficient (Wildman–Crippen LogP) is 6.64. The van der Waals surface area contributed by atoms with Crippen LogP contribution in [0.5, 0.6) is 0 Å². The number of benzene rings is 2. The van der Waals surface area contributed by atoms with Gasteiger partial charge in [0.2, 0.25) is 0 Å². The normalized spacial score (nSPS) is 13.7. The van der Waals surface area contributed by atoms with Crippen LogP contribution in [0.25, 0.3) is 11.1 Å². The number of rotatable bonds is 3. The van der Waals surface area contributed by atoms with Crippen LogP contribution in [0.1, 0.15) is 41.7 Å². The van der Waals surface area contributed by atoms with Gasteiger partial charge in [-0.1, -0.05) is 61.9 Å². The van der Waals surface area contributed by atoms with Crippen LogP contribution in [0, 0.1) is 19.8 Å². The number of aryl methyl sites for hydroxylation is 2. The summed E-state index contributed by atoms with van der Waals surface area (Å²) >= 11 is 6.33. The third-order valence-electron chi connectivity index (χ3n) is 4.77. The van der Waals surface area contributed by atoms with Crippen molar-refractivity contribution in [2.45, 2.75) is 34.1 Å². The van der Waals surface area contributed by atoms with Crippen molar-refractivity contribution in [3.8, 4) is 0 Å². The molecule has 1 aliphatic rings. The van der Waals surface area contributed by atoms with E-state index in [9.17, 15) is 0 Å². The maximum absolute atomic E-state index is 6.33. The van der Waals surface area contributed by atoms with Crippen molar-refractivity contribution in [2.24, 2.45) is 5.92 Å². The zero-order valence-electron chi connectivity index (χ0n) is 14.3. The van der Waals surface area contributed by atoms with Crippen LogP contribution in [0.4, 0.5) is 0 Å². The monoisotopic (exact) mass is 322 g/mol. The highest BCUT2D eigenvalue weighted by molar-refractivity contribution is 6.32. The largest absolute Gasteiger partial charge is 0.0905 e. The molecule has 0 aliphatic heterocycles. The van der Waals surface area contributed by atoms with E-state index in [2.05, 4.69) is 70.7 Å². The summed E-state index contributed by atoms with van der Waals surface area (Å²) in [7, 11) is 0. The third kappa shape index (κ3) is 2.77. The second-order valence-electron chi connectivity index (χ2n) is 6.79. The first-order valence-corrected chi connectivity index (χ1v) is 8.55. The van der Waals surface area contributed by atoms with Crippen molar-refractivity contribution < 1.29 is 0 Å². The molecule has 0 fully saturated rings. The fourth-order valence-corrected chi connectivity index (χ4v) is 3.61. The third-order valence-corrected chi connectivity index (χ3v) is 5.37. The van der Waals surface area contributed by atoms with E-state index in [4.69, 9.17) is 11.6 Å². The van der Waals surface area contributed by atoms with E-state index < -0.39 is 0 Å². The number of allylic oxidation sites excluding steroid dienone is 3. The van der Waals surface area contributed by atoms with Crippen molar-refractivity contribution >= 4 is 22.7 Å². The number of halogens is 1. The molecule has 0 saturated carbocycles. The van der Waals surface area contributed by atoms with Crippen molar-refractivity contribution in [1.29, 1.82) is 0 Å². The Morgan fingerprint density at radius 2 is 1.70 bits per heavy atom. The maximum atomic E-state index is 6.33. The van der Waals surface area contributed by atoms with Crippen LogP contribution in [-0.4, -0.2) is 0 Å². The Labute approximate surface area is 144 Å². The Kier molecular flexibility index (Phi) is 4.21. The summed E-state index contributed by atoms with van der Waals surface area (Å²) < 4.78 is 0. The van der Waals surface area contributed by atoms with Gasteiger partial charge in [0.1, 0.15) is 0 Å². The summed E-state index contributed by atoms with van der Waals surface area (Å²) in [6, 6.07) is 13.0. The minimum absolute atomic E-state index is 0.517. The highest BCUT2D eigenvalue weighted by Gasteiger charge is 2.25. The van der Waals surface area contributed by atoms with Crippen LogP contribution in [-0.2, 0) is 6.42 Å². The summed E-state index contributed by atoms with van der Waals surface area (Å²) in [6.45, 7) is 13.1. The number of hydrogen-bond acceptors (Lipinski definition) is 0. The molecule has 0 spiro atoms. The SMILES string of the molecule is C=C(C1=C(C(C)C)Cc2ccccc21)c1cc(C)c(Cl)c(C)c1. The van der Waals surface area contributed by atoms with E-state index in [0.717, 1.165) is 28.1 Å². The van der Waals surface area contributed by atoms with Gasteiger partial charge >= 0.3 is 0 Å². The van der Waals surface area contributed by atoms with E-state index in [0.29, 0.717) is 5.92 Å². The number of fused-ring (bicyclic) bond motifs is 1. The second kappa shape index (κ2) is 6.02. The van der Waals surface area contributed by atoms with Gasteiger partial charge in [-0.25, -0.2) is 0 Å². The van der Waals surface area contributed by atoms with Crippen LogP contribution in [0.3, 0.4) is 0 Å². The van der Waals surface area contributed by atoms with Crippen molar-refractivity contribution in [3.63, 3.8) is 0 Å². The van der Waals surface area contributed by atoms with Gasteiger partial charge in [0.25, 0.3) is 0 Å². The summed E-state index contributed by atoms with van der Waals surface area (Å²) in [6.07, 6.45) is 1.04. The van der Waals surface area contributed by atoms with Gasteiger partial charge in [-0.05, 0) is 77.3 Å². The minimum atomic E-state index is 0.517. The quantitative estimate of drug-likeness (QED) is 0.594. The first-order chi connectivity index (χ1) is 10.9. The van der Waals surface area contributed by atoms with E-state index in [1.54, 1.807) is 0 Å². The van der Waals surface area contributed by atoms with E-state index in [-0.39, 0.29) is 0 Å². The van der Waals surface area contributed by atoms with Crippen LogP contribution >= 0.6 is 11.6 Å². The molecule has 0 heterocycles. The lowest BCUT2D eigenvalue weighted by Gasteiger charge is -2.16. The van der Waals surface area contributed by atoms with E-state index >= 15 is 0 Å². The molecule has 118 valence electrons. The first kappa shape index (κ1) is 16.1. The van der Waals surface area contributed by atoms with Gasteiger partial charge in [-0.15, -0.1) is 0 Å². The lowest BCUT2D eigenvalue weighted by Crippen LogP contribution is -1.98. The van der Waals surface area contributed by atoms with Crippen LogP contribution in [0.15, 0.2) is 48.6 Å². The Morgan fingerprint density at radius 1 is 1.09 bits per heavy atom. The van der Waals surface area contributed by atoms with Crippen LogP contribution in [0.2, 0.25) is 5.02 Å². The van der Waals surface area contributed by atoms with Gasteiger partial charge in [-0.2, -0.15) is 0 Å². The predicted molar refractivity (Wildman–Crippen MR) is 102 cm³/mol. The van der Waals surface area contributed by atoms with Crippen molar-refractivity contribution in [2.75, 3.05) is 0 Å². The topological polar surface area (TPSA) is 0 Å². The van der Waals surface area contributed by atoms with Gasteiger partial charge in [0, 0.05) is 5.02 Å². The van der Waals surface area contributed by atoms with Gasteiger partial charge in [-0.3, -0.25) is 0 Å². The van der Waals surface area contributed by atoms with Crippen molar-refractivity contribution in [1.82, 2.24) is 0 Å². The average molecular weight is 323 g/mol. The molecule has 0 nitrogen and oxygen atoms in total. The Balaban J connectivity index is 2.15. The minimum Gasteiger partial charge on any atom is -0.0905 e. The maximum Gasteiger partial charge on any atom is 0.0464 e. The molecule has 2 aromatic carbocycles. The van der Waals surface area contributed by atoms with Crippen molar-refractivity contribution in [3.05, 3.63) is 81.4 Å². The molecule has 0 aromatic heterocycles. The molecule has 23 heavy (non-hydrogen) atoms. The number of hydrogen-bond donors (Lipinski definition) is 0. The molecule has 3 rings (SSSR count). The molecular weight excluding hydrogens is 300 g/mol. The van der Waals surface area contributed by atoms with Gasteiger partial charge < -0.3 is 0 Å². The van der Waals surface area contributed by atoms with Gasteiger partial charge in [0.15, 0.2) is 0 Å². The smallest absolute Gasteiger partial charge is 0.0464 e. The molecule has 0 unspecified atom stereocenters. The molecule has 0 saturated heterocycles. The second-order valence-corrected chi connectivity index (χ2v) is 7.17. The van der Waals surface area contributed by atoms with Gasteiger partial charge in [0.05, 0.1) is 0 Å². The summed E-state index contributed by atoms with van der Waals surface area (Å²) in [5.74, 6) is 0.517.